The number of halogens is 2. The second-order valence-electron chi connectivity index (χ2n) is 7.67. The molecule has 1 unspecified atom stereocenters. The third kappa shape index (κ3) is 5.28. The molecule has 1 aliphatic heterocycles. The maximum atomic E-state index is 13.5. The van der Waals surface area contributed by atoms with E-state index in [-0.39, 0.29) is 23.5 Å². The summed E-state index contributed by atoms with van der Waals surface area (Å²) in [4.78, 5) is 14.9. The summed E-state index contributed by atoms with van der Waals surface area (Å²) in [6.45, 7) is 7.05. The number of aromatic nitrogens is 2. The van der Waals surface area contributed by atoms with E-state index in [4.69, 9.17) is 4.42 Å². The van der Waals surface area contributed by atoms with Crippen LogP contribution in [0.5, 0.6) is 0 Å². The van der Waals surface area contributed by atoms with Gasteiger partial charge in [-0.25, -0.2) is 13.6 Å². The molecule has 1 fully saturated rings. The third-order valence-corrected chi connectivity index (χ3v) is 5.51. The monoisotopic (exact) mass is 439 g/mol. The molecule has 0 radical (unpaired) electrons. The number of piperazine rings is 1. The number of alkyl halides is 2. The highest BCUT2D eigenvalue weighted by molar-refractivity contribution is 5.65. The van der Waals surface area contributed by atoms with Crippen molar-refractivity contribution in [3.8, 4) is 0 Å². The zero-order valence-electron chi connectivity index (χ0n) is 17.7. The Hall–Kier alpha value is -2.79. The number of aliphatic hydroxyl groups excluding tert-OH is 1. The molecule has 0 spiro atoms. The van der Waals surface area contributed by atoms with Crippen LogP contribution in [0.3, 0.4) is 0 Å². The van der Waals surface area contributed by atoms with Crippen molar-refractivity contribution in [3.63, 3.8) is 0 Å². The normalized spacial score (nSPS) is 18.4. The van der Waals surface area contributed by atoms with Crippen LogP contribution in [0.4, 0.5) is 25.3 Å². The molecule has 2 aromatic rings. The number of hydrogen-bond acceptors (Lipinski definition) is 7. The third-order valence-electron chi connectivity index (χ3n) is 5.51. The summed E-state index contributed by atoms with van der Waals surface area (Å²) >= 11 is 0. The van der Waals surface area contributed by atoms with Crippen molar-refractivity contribution in [2.45, 2.75) is 52.3 Å². The van der Waals surface area contributed by atoms with Gasteiger partial charge in [-0.05, 0) is 43.5 Å². The van der Waals surface area contributed by atoms with Crippen molar-refractivity contribution in [1.29, 1.82) is 0 Å². The lowest BCUT2D eigenvalue weighted by molar-refractivity contribution is 0.0628. The van der Waals surface area contributed by atoms with Gasteiger partial charge in [-0.15, -0.1) is 5.10 Å². The van der Waals surface area contributed by atoms with Crippen LogP contribution in [0.1, 0.15) is 55.4 Å². The van der Waals surface area contributed by atoms with Gasteiger partial charge in [-0.3, -0.25) is 4.90 Å². The summed E-state index contributed by atoms with van der Waals surface area (Å²) in [5.74, 6) is 0.0206. The summed E-state index contributed by atoms with van der Waals surface area (Å²) in [5.41, 5.74) is 1.71. The fourth-order valence-corrected chi connectivity index (χ4v) is 3.69. The quantitative estimate of drug-likeness (QED) is 0.598. The average Bonchev–Trinajstić information content (AvgIpc) is 3.19. The Morgan fingerprint density at radius 3 is 2.68 bits per heavy atom. The lowest BCUT2D eigenvalue weighted by Gasteiger charge is -2.40. The standard InChI is InChI=1S/C20H27F2N5O4/c1-4-15-10-26(5-6-27(15)20(29)30)9-14-7-13(17(21)22)8-16(11(14)2)23-19-25-24-18(31-19)12(3)28/h7-8,12,15,17,28H,4-6,9-10H2,1-3H3,(H,23,25)(H,29,30)/t12?,15-/m0/s1. The van der Waals surface area contributed by atoms with Gasteiger partial charge in [0.25, 0.3) is 6.43 Å². The van der Waals surface area contributed by atoms with Crippen LogP contribution in [0.25, 0.3) is 0 Å². The first-order valence-electron chi connectivity index (χ1n) is 10.1. The van der Waals surface area contributed by atoms with Crippen molar-refractivity contribution >= 4 is 17.8 Å². The number of hydrogen-bond donors (Lipinski definition) is 3. The van der Waals surface area contributed by atoms with Gasteiger partial charge in [0.1, 0.15) is 6.10 Å². The number of amides is 1. The molecule has 0 aliphatic carbocycles. The van der Waals surface area contributed by atoms with Crippen LogP contribution < -0.4 is 5.32 Å². The number of nitrogens with one attached hydrogen (secondary N) is 1. The number of benzene rings is 1. The Morgan fingerprint density at radius 1 is 1.35 bits per heavy atom. The molecule has 0 saturated carbocycles. The Morgan fingerprint density at radius 2 is 2.10 bits per heavy atom. The minimum atomic E-state index is -2.66. The molecule has 11 heteroatoms. The molecule has 9 nitrogen and oxygen atoms in total. The van der Waals surface area contributed by atoms with Crippen LogP contribution >= 0.6 is 0 Å². The highest BCUT2D eigenvalue weighted by atomic mass is 19.3. The molecule has 1 aliphatic rings. The highest BCUT2D eigenvalue weighted by Gasteiger charge is 2.29. The second kappa shape index (κ2) is 9.56. The average molecular weight is 439 g/mol. The van der Waals surface area contributed by atoms with E-state index >= 15 is 0 Å². The summed E-state index contributed by atoms with van der Waals surface area (Å²) in [7, 11) is 0. The number of carboxylic acid groups (broad SMARTS) is 1. The zero-order chi connectivity index (χ0) is 22.7. The van der Waals surface area contributed by atoms with Crippen LogP contribution in [0.15, 0.2) is 16.5 Å². The molecule has 170 valence electrons. The van der Waals surface area contributed by atoms with E-state index in [1.807, 2.05) is 13.8 Å². The topological polar surface area (TPSA) is 115 Å². The van der Waals surface area contributed by atoms with Crippen LogP contribution in [-0.4, -0.2) is 62.0 Å². The Bertz CT molecular complexity index is 921. The van der Waals surface area contributed by atoms with Gasteiger partial charge >= 0.3 is 12.1 Å². The Kier molecular flexibility index (Phi) is 7.06. The van der Waals surface area contributed by atoms with E-state index in [9.17, 15) is 23.8 Å². The summed E-state index contributed by atoms with van der Waals surface area (Å²) in [6.07, 6.45) is -3.87. The van der Waals surface area contributed by atoms with Crippen molar-refractivity contribution in [1.82, 2.24) is 20.0 Å². The summed E-state index contributed by atoms with van der Waals surface area (Å²) in [5, 5.41) is 29.3. The lowest BCUT2D eigenvalue weighted by atomic mass is 10.0. The van der Waals surface area contributed by atoms with Crippen molar-refractivity contribution in [2.75, 3.05) is 25.0 Å². The molecular formula is C20H27F2N5O4. The van der Waals surface area contributed by atoms with Gasteiger partial charge in [-0.2, -0.15) is 0 Å². The Labute approximate surface area is 178 Å². The second-order valence-corrected chi connectivity index (χ2v) is 7.67. The smallest absolute Gasteiger partial charge is 0.407 e. The minimum Gasteiger partial charge on any atom is -0.465 e. The van der Waals surface area contributed by atoms with Gasteiger partial charge in [-0.1, -0.05) is 12.0 Å². The molecule has 1 amide bonds. The van der Waals surface area contributed by atoms with Crippen molar-refractivity contribution in [3.05, 3.63) is 34.7 Å². The molecule has 1 aromatic heterocycles. The van der Waals surface area contributed by atoms with Gasteiger partial charge < -0.3 is 24.8 Å². The van der Waals surface area contributed by atoms with E-state index in [1.165, 1.54) is 24.0 Å². The van der Waals surface area contributed by atoms with Gasteiger partial charge in [0.05, 0.1) is 0 Å². The molecule has 1 saturated heterocycles. The van der Waals surface area contributed by atoms with Gasteiger partial charge in [0.2, 0.25) is 5.89 Å². The molecule has 2 atom stereocenters. The van der Waals surface area contributed by atoms with Crippen LogP contribution in [0.2, 0.25) is 0 Å². The van der Waals surface area contributed by atoms with Crippen LogP contribution in [0, 0.1) is 6.92 Å². The molecule has 3 rings (SSSR count). The number of aliphatic hydroxyl groups is 1. The van der Waals surface area contributed by atoms with E-state index in [0.717, 1.165) is 5.56 Å². The first-order chi connectivity index (χ1) is 14.7. The van der Waals surface area contributed by atoms with Crippen molar-refractivity contribution < 1.29 is 28.2 Å². The molecule has 0 bridgehead atoms. The van der Waals surface area contributed by atoms with E-state index in [1.54, 1.807) is 0 Å². The van der Waals surface area contributed by atoms with Gasteiger partial charge in [0.15, 0.2) is 0 Å². The summed E-state index contributed by atoms with van der Waals surface area (Å²) in [6, 6.07) is 2.68. The SMILES string of the molecule is CC[C@H]1CN(Cc2cc(C(F)F)cc(Nc3nnc(C(C)O)o3)c2C)CCN1C(=O)O. The van der Waals surface area contributed by atoms with Gasteiger partial charge in [0, 0.05) is 43.5 Å². The molecule has 1 aromatic carbocycles. The minimum absolute atomic E-state index is 0.00233. The molecule has 3 N–H and O–H groups in total. The molecule has 31 heavy (non-hydrogen) atoms. The lowest BCUT2D eigenvalue weighted by Crippen LogP contribution is -2.54. The number of nitrogens with zero attached hydrogens (tertiary/aromatic N) is 4. The molecule has 2 heterocycles. The maximum absolute atomic E-state index is 13.5. The number of carbonyl (C=O) groups is 1. The van der Waals surface area contributed by atoms with E-state index < -0.39 is 18.6 Å². The van der Waals surface area contributed by atoms with Crippen molar-refractivity contribution in [2.24, 2.45) is 0 Å². The largest absolute Gasteiger partial charge is 0.465 e. The first kappa shape index (κ1) is 22.9. The molecular weight excluding hydrogens is 412 g/mol. The fourth-order valence-electron chi connectivity index (χ4n) is 3.69. The highest BCUT2D eigenvalue weighted by Crippen LogP contribution is 2.31. The predicted molar refractivity (Wildman–Crippen MR) is 108 cm³/mol. The fraction of sp³-hybridized carbons (Fsp3) is 0.550. The van der Waals surface area contributed by atoms with E-state index in [0.29, 0.717) is 43.9 Å². The zero-order valence-corrected chi connectivity index (χ0v) is 17.7. The maximum Gasteiger partial charge on any atom is 0.407 e. The van der Waals surface area contributed by atoms with E-state index in [2.05, 4.69) is 20.4 Å². The van der Waals surface area contributed by atoms with Crippen LogP contribution in [-0.2, 0) is 6.54 Å². The number of anilines is 2. The summed E-state index contributed by atoms with van der Waals surface area (Å²) < 4.78 is 32.4. The first-order valence-corrected chi connectivity index (χ1v) is 10.1. The predicted octanol–water partition coefficient (Wildman–Crippen LogP) is 3.69. The Balaban J connectivity index is 1.83. The number of rotatable bonds is 7.